The Balaban J connectivity index is 1.48. The monoisotopic (exact) mass is 436 g/mol. The Morgan fingerprint density at radius 3 is 2.72 bits per heavy atom. The van der Waals surface area contributed by atoms with Crippen LogP contribution in [0, 0.1) is 18.7 Å². The summed E-state index contributed by atoms with van der Waals surface area (Å²) >= 11 is 0. The third-order valence-corrected chi connectivity index (χ3v) is 7.12. The molecule has 3 heterocycles. The highest BCUT2D eigenvalue weighted by molar-refractivity contribution is 5.95. The number of carbonyl (C=O) groups excluding carboxylic acids is 2. The van der Waals surface area contributed by atoms with Crippen molar-refractivity contribution >= 4 is 17.6 Å². The van der Waals surface area contributed by atoms with Crippen LogP contribution in [0.3, 0.4) is 0 Å². The first-order chi connectivity index (χ1) is 15.5. The first-order valence-electron chi connectivity index (χ1n) is 11.7. The first kappa shape index (κ1) is 21.0. The predicted molar refractivity (Wildman–Crippen MR) is 118 cm³/mol. The molecule has 1 aromatic carbocycles. The van der Waals surface area contributed by atoms with Crippen LogP contribution in [0.25, 0.3) is 0 Å². The third-order valence-electron chi connectivity index (χ3n) is 7.12. The summed E-state index contributed by atoms with van der Waals surface area (Å²) in [6.07, 6.45) is 6.98. The molecule has 1 aliphatic carbocycles. The zero-order valence-electron chi connectivity index (χ0n) is 18.5. The maximum atomic E-state index is 13.7. The molecule has 0 N–H and O–H groups in total. The number of nitrogens with zero attached hydrogens (tertiary/aromatic N) is 4. The van der Waals surface area contributed by atoms with E-state index in [-0.39, 0.29) is 36.1 Å². The molecule has 0 spiro atoms. The molecule has 0 unspecified atom stereocenters. The van der Waals surface area contributed by atoms with E-state index in [4.69, 9.17) is 9.97 Å². The number of likely N-dealkylation sites (tertiary alicyclic amines) is 1. The van der Waals surface area contributed by atoms with Gasteiger partial charge in [0.05, 0.1) is 12.6 Å². The van der Waals surface area contributed by atoms with Gasteiger partial charge in [0.25, 0.3) is 0 Å². The lowest BCUT2D eigenvalue weighted by Crippen LogP contribution is -2.38. The van der Waals surface area contributed by atoms with Crippen LogP contribution in [-0.2, 0) is 22.6 Å². The largest absolute Gasteiger partial charge is 0.332 e. The third kappa shape index (κ3) is 3.89. The molecular weight excluding hydrogens is 407 g/mol. The van der Waals surface area contributed by atoms with Crippen LogP contribution in [0.5, 0.6) is 0 Å². The number of fused-ring (bicyclic) bond motifs is 1. The molecule has 6 nitrogen and oxygen atoms in total. The lowest BCUT2D eigenvalue weighted by atomic mass is 10.0. The minimum Gasteiger partial charge on any atom is -0.332 e. The Kier molecular flexibility index (Phi) is 5.66. The van der Waals surface area contributed by atoms with Crippen LogP contribution in [0.4, 0.5) is 10.2 Å². The summed E-state index contributed by atoms with van der Waals surface area (Å²) in [4.78, 5) is 39.3. The quantitative estimate of drug-likeness (QED) is 0.718. The first-order valence-corrected chi connectivity index (χ1v) is 11.7. The minimum absolute atomic E-state index is 0.0175. The number of amides is 2. The lowest BCUT2D eigenvalue weighted by molar-refractivity contribution is -0.136. The summed E-state index contributed by atoms with van der Waals surface area (Å²) in [6.45, 7) is 2.97. The second kappa shape index (κ2) is 8.60. The van der Waals surface area contributed by atoms with E-state index in [1.54, 1.807) is 11.0 Å². The highest BCUT2D eigenvalue weighted by Gasteiger charge is 2.38. The van der Waals surface area contributed by atoms with Gasteiger partial charge in [0, 0.05) is 30.1 Å². The number of carbonyl (C=O) groups is 2. The average Bonchev–Trinajstić information content (AvgIpc) is 3.48. The van der Waals surface area contributed by atoms with Gasteiger partial charge in [0.1, 0.15) is 11.6 Å². The van der Waals surface area contributed by atoms with Gasteiger partial charge in [-0.15, -0.1) is 0 Å². The van der Waals surface area contributed by atoms with Crippen LogP contribution in [-0.4, -0.2) is 33.2 Å². The molecule has 3 aliphatic rings. The Morgan fingerprint density at radius 2 is 1.94 bits per heavy atom. The normalized spacial score (nSPS) is 21.3. The Morgan fingerprint density at radius 1 is 1.12 bits per heavy atom. The molecule has 2 amide bonds. The van der Waals surface area contributed by atoms with Crippen molar-refractivity contribution in [1.82, 2.24) is 14.9 Å². The Hall–Kier alpha value is -2.83. The topological polar surface area (TPSA) is 66.4 Å². The van der Waals surface area contributed by atoms with Gasteiger partial charge < -0.3 is 4.90 Å². The highest BCUT2D eigenvalue weighted by Crippen LogP contribution is 2.37. The van der Waals surface area contributed by atoms with Gasteiger partial charge in [0.2, 0.25) is 11.8 Å². The van der Waals surface area contributed by atoms with Crippen molar-refractivity contribution in [3.8, 4) is 0 Å². The molecule has 0 radical (unpaired) electrons. The SMILES string of the molecule is Cc1nc([C@H]2CCCN2C(=O)C2CCCC2)nc2c1CCC(=O)N2Cc1cccc(F)c1. The standard InChI is InChI=1S/C25H29FN4O2/c1-16-20-11-12-22(31)30(15-17-6-4-9-19(26)14-17)24(20)28-23(27-16)21-10-5-13-29(21)25(32)18-7-2-3-8-18/h4,6,9,14,18,21H,2-3,5,7-8,10-13,15H2,1H3/t21-/m1/s1. The Labute approximate surface area is 187 Å². The van der Waals surface area contributed by atoms with Gasteiger partial charge in [-0.2, -0.15) is 0 Å². The van der Waals surface area contributed by atoms with E-state index in [0.29, 0.717) is 24.5 Å². The van der Waals surface area contributed by atoms with E-state index < -0.39 is 0 Å². The number of anilines is 1. The summed E-state index contributed by atoms with van der Waals surface area (Å²) < 4.78 is 13.7. The van der Waals surface area contributed by atoms with Crippen molar-refractivity contribution in [3.63, 3.8) is 0 Å². The smallest absolute Gasteiger partial charge is 0.228 e. The number of aryl methyl sites for hydroxylation is 1. The molecule has 1 saturated heterocycles. The predicted octanol–water partition coefficient (Wildman–Crippen LogP) is 4.26. The van der Waals surface area contributed by atoms with Gasteiger partial charge in [-0.3, -0.25) is 14.5 Å². The summed E-state index contributed by atoms with van der Waals surface area (Å²) in [5.41, 5.74) is 2.56. The van der Waals surface area contributed by atoms with E-state index in [1.165, 1.54) is 12.1 Å². The number of halogens is 1. The molecule has 7 heteroatoms. The number of aromatic nitrogens is 2. The van der Waals surface area contributed by atoms with Crippen LogP contribution in [0.1, 0.15) is 73.6 Å². The van der Waals surface area contributed by atoms with Crippen molar-refractivity contribution in [3.05, 3.63) is 52.7 Å². The zero-order chi connectivity index (χ0) is 22.2. The molecular formula is C25H29FN4O2. The maximum absolute atomic E-state index is 13.7. The van der Waals surface area contributed by atoms with E-state index in [1.807, 2.05) is 17.9 Å². The number of hydrogen-bond donors (Lipinski definition) is 0. The number of hydrogen-bond acceptors (Lipinski definition) is 4. The molecule has 32 heavy (non-hydrogen) atoms. The summed E-state index contributed by atoms with van der Waals surface area (Å²) in [6, 6.07) is 6.19. The molecule has 2 fully saturated rings. The van der Waals surface area contributed by atoms with Gasteiger partial charge in [-0.05, 0) is 56.7 Å². The van der Waals surface area contributed by atoms with Gasteiger partial charge in [-0.1, -0.05) is 25.0 Å². The highest BCUT2D eigenvalue weighted by atomic mass is 19.1. The molecule has 2 aliphatic heterocycles. The maximum Gasteiger partial charge on any atom is 0.228 e. The molecule has 1 aromatic heterocycles. The van der Waals surface area contributed by atoms with Crippen molar-refractivity contribution in [1.29, 1.82) is 0 Å². The lowest BCUT2D eigenvalue weighted by Gasteiger charge is -2.31. The fourth-order valence-corrected chi connectivity index (χ4v) is 5.44. The molecule has 0 bridgehead atoms. The molecule has 2 aromatic rings. The summed E-state index contributed by atoms with van der Waals surface area (Å²) in [5, 5.41) is 0. The average molecular weight is 437 g/mol. The van der Waals surface area contributed by atoms with Gasteiger partial charge >= 0.3 is 0 Å². The summed E-state index contributed by atoms with van der Waals surface area (Å²) in [5.74, 6) is 1.27. The van der Waals surface area contributed by atoms with Gasteiger partial charge in [0.15, 0.2) is 5.82 Å². The van der Waals surface area contributed by atoms with Crippen molar-refractivity contribution < 1.29 is 14.0 Å². The molecule has 5 rings (SSSR count). The molecule has 1 atom stereocenters. The van der Waals surface area contributed by atoms with Gasteiger partial charge in [-0.25, -0.2) is 14.4 Å². The fraction of sp³-hybridized carbons (Fsp3) is 0.520. The Bertz CT molecular complexity index is 1050. The fourth-order valence-electron chi connectivity index (χ4n) is 5.44. The second-order valence-electron chi connectivity index (χ2n) is 9.25. The van der Waals surface area contributed by atoms with Crippen LogP contribution >= 0.6 is 0 Å². The van der Waals surface area contributed by atoms with Crippen LogP contribution in [0.2, 0.25) is 0 Å². The number of rotatable bonds is 4. The molecule has 1 saturated carbocycles. The van der Waals surface area contributed by atoms with Crippen molar-refractivity contribution in [2.75, 3.05) is 11.4 Å². The van der Waals surface area contributed by atoms with E-state index in [0.717, 1.165) is 61.9 Å². The number of benzene rings is 1. The molecule has 168 valence electrons. The second-order valence-corrected chi connectivity index (χ2v) is 9.25. The van der Waals surface area contributed by atoms with E-state index in [9.17, 15) is 14.0 Å². The summed E-state index contributed by atoms with van der Waals surface area (Å²) in [7, 11) is 0. The van der Waals surface area contributed by atoms with E-state index >= 15 is 0 Å². The minimum atomic E-state index is -0.321. The van der Waals surface area contributed by atoms with Crippen LogP contribution < -0.4 is 4.90 Å². The van der Waals surface area contributed by atoms with E-state index in [2.05, 4.69) is 0 Å². The van der Waals surface area contributed by atoms with Crippen molar-refractivity contribution in [2.45, 2.75) is 70.9 Å². The van der Waals surface area contributed by atoms with Crippen molar-refractivity contribution in [2.24, 2.45) is 5.92 Å². The van der Waals surface area contributed by atoms with Crippen LogP contribution in [0.15, 0.2) is 24.3 Å². The zero-order valence-corrected chi connectivity index (χ0v) is 18.5.